The van der Waals surface area contributed by atoms with Crippen LogP contribution in [-0.4, -0.2) is 56.2 Å². The minimum Gasteiger partial charge on any atom is -0.494 e. The Morgan fingerprint density at radius 2 is 1.95 bits per heavy atom. The fourth-order valence-electron chi connectivity index (χ4n) is 3.30. The van der Waals surface area contributed by atoms with Gasteiger partial charge in [0.2, 0.25) is 0 Å². The normalized spacial score (nSPS) is 20.3. The lowest BCUT2D eigenvalue weighted by Gasteiger charge is -2.30. The van der Waals surface area contributed by atoms with Gasteiger partial charge in [-0.3, -0.25) is 4.90 Å². The summed E-state index contributed by atoms with van der Waals surface area (Å²) in [5.74, 6) is 1.09. The Balaban J connectivity index is 1.83. The third kappa shape index (κ3) is 3.57. The average Bonchev–Trinajstić information content (AvgIpc) is 2.49. The fraction of sp³-hybridized carbons (Fsp3) is 0.647. The number of ether oxygens (including phenoxy) is 1. The summed E-state index contributed by atoms with van der Waals surface area (Å²) in [5, 5.41) is 3.42. The number of hydrogen-bond donors (Lipinski definition) is 1. The van der Waals surface area contributed by atoms with Crippen LogP contribution in [0.1, 0.15) is 23.6 Å². The van der Waals surface area contributed by atoms with Crippen LogP contribution < -0.4 is 10.1 Å². The number of hydrogen-bond acceptors (Lipinski definition) is 4. The molecular weight excluding hydrogens is 262 g/mol. The molecule has 1 fully saturated rings. The Bertz CT molecular complexity index is 483. The number of rotatable bonds is 4. The zero-order chi connectivity index (χ0) is 14.7. The number of nitrogens with one attached hydrogen (secondary N) is 1. The van der Waals surface area contributed by atoms with Crippen molar-refractivity contribution >= 4 is 0 Å². The van der Waals surface area contributed by atoms with Crippen molar-refractivity contribution < 1.29 is 4.74 Å². The molecule has 2 heterocycles. The summed E-state index contributed by atoms with van der Waals surface area (Å²) in [6.45, 7) is 10.5. The molecule has 0 radical (unpaired) electrons. The molecule has 0 unspecified atom stereocenters. The summed E-state index contributed by atoms with van der Waals surface area (Å²) in [4.78, 5) is 4.91. The quantitative estimate of drug-likeness (QED) is 0.908. The van der Waals surface area contributed by atoms with Crippen LogP contribution in [0.4, 0.5) is 0 Å². The van der Waals surface area contributed by atoms with E-state index in [1.807, 2.05) is 0 Å². The summed E-state index contributed by atoms with van der Waals surface area (Å²) < 4.78 is 5.92. The third-order valence-corrected chi connectivity index (χ3v) is 4.49. The van der Waals surface area contributed by atoms with Gasteiger partial charge in [0.15, 0.2) is 0 Å². The van der Waals surface area contributed by atoms with E-state index in [-0.39, 0.29) is 0 Å². The van der Waals surface area contributed by atoms with Gasteiger partial charge in [0.1, 0.15) is 5.75 Å². The minimum atomic E-state index is 0.739. The van der Waals surface area contributed by atoms with Gasteiger partial charge in [0.05, 0.1) is 6.61 Å². The molecule has 1 N–H and O–H groups in total. The maximum Gasteiger partial charge on any atom is 0.124 e. The van der Waals surface area contributed by atoms with Crippen molar-refractivity contribution in [2.45, 2.75) is 26.4 Å². The molecule has 4 heteroatoms. The first-order chi connectivity index (χ1) is 10.3. The first kappa shape index (κ1) is 14.8. The number of nitrogens with zero attached hydrogens (tertiary/aromatic N) is 2. The zero-order valence-electron chi connectivity index (χ0n) is 13.3. The predicted octanol–water partition coefficient (Wildman–Crippen LogP) is 1.48. The van der Waals surface area contributed by atoms with Crippen LogP contribution in [0.3, 0.4) is 0 Å². The molecule has 116 valence electrons. The first-order valence-electron chi connectivity index (χ1n) is 8.15. The van der Waals surface area contributed by atoms with E-state index in [4.69, 9.17) is 4.74 Å². The van der Waals surface area contributed by atoms with E-state index in [1.165, 1.54) is 16.7 Å². The number of piperazine rings is 1. The summed E-state index contributed by atoms with van der Waals surface area (Å²) in [7, 11) is 2.19. The Kier molecular flexibility index (Phi) is 4.78. The van der Waals surface area contributed by atoms with E-state index in [0.717, 1.165) is 64.6 Å². The molecule has 1 saturated heterocycles. The van der Waals surface area contributed by atoms with Crippen LogP contribution in [0.2, 0.25) is 0 Å². The van der Waals surface area contributed by atoms with E-state index in [1.54, 1.807) is 0 Å². The second kappa shape index (κ2) is 6.77. The highest BCUT2D eigenvalue weighted by Crippen LogP contribution is 2.29. The molecule has 0 amide bonds. The Labute approximate surface area is 128 Å². The second-order valence-corrected chi connectivity index (χ2v) is 6.18. The molecule has 2 aliphatic rings. The SMILES string of the molecule is CCOc1cc2c(cc1CN1CCNCC1)CCN(C)C2. The maximum atomic E-state index is 5.92. The molecule has 4 nitrogen and oxygen atoms in total. The summed E-state index contributed by atoms with van der Waals surface area (Å²) >= 11 is 0. The molecule has 0 saturated carbocycles. The molecule has 2 aliphatic heterocycles. The van der Waals surface area contributed by atoms with Crippen molar-refractivity contribution in [1.82, 2.24) is 15.1 Å². The lowest BCUT2D eigenvalue weighted by molar-refractivity contribution is 0.227. The van der Waals surface area contributed by atoms with Crippen molar-refractivity contribution in [3.8, 4) is 5.75 Å². The molecule has 0 atom stereocenters. The lowest BCUT2D eigenvalue weighted by atomic mass is 9.96. The van der Waals surface area contributed by atoms with Crippen molar-refractivity contribution in [3.05, 3.63) is 28.8 Å². The van der Waals surface area contributed by atoms with Gasteiger partial charge in [-0.1, -0.05) is 6.07 Å². The molecule has 3 rings (SSSR count). The molecule has 21 heavy (non-hydrogen) atoms. The van der Waals surface area contributed by atoms with E-state index in [2.05, 4.69) is 41.2 Å². The van der Waals surface area contributed by atoms with Crippen LogP contribution in [0.15, 0.2) is 12.1 Å². The highest BCUT2D eigenvalue weighted by atomic mass is 16.5. The molecule has 0 spiro atoms. The molecule has 0 aliphatic carbocycles. The van der Waals surface area contributed by atoms with Crippen LogP contribution in [0.25, 0.3) is 0 Å². The number of fused-ring (bicyclic) bond motifs is 1. The molecule has 0 aromatic heterocycles. The van der Waals surface area contributed by atoms with Crippen LogP contribution in [0.5, 0.6) is 5.75 Å². The summed E-state index contributed by atoms with van der Waals surface area (Å²) in [6, 6.07) is 4.68. The Morgan fingerprint density at radius 1 is 1.14 bits per heavy atom. The molecular formula is C17H27N3O. The zero-order valence-corrected chi connectivity index (χ0v) is 13.3. The smallest absolute Gasteiger partial charge is 0.124 e. The topological polar surface area (TPSA) is 27.7 Å². The van der Waals surface area contributed by atoms with Gasteiger partial charge in [0, 0.05) is 51.4 Å². The van der Waals surface area contributed by atoms with E-state index >= 15 is 0 Å². The van der Waals surface area contributed by atoms with Gasteiger partial charge in [-0.25, -0.2) is 0 Å². The summed E-state index contributed by atoms with van der Waals surface area (Å²) in [6.07, 6.45) is 1.16. The van der Waals surface area contributed by atoms with Gasteiger partial charge in [0.25, 0.3) is 0 Å². The van der Waals surface area contributed by atoms with E-state index in [9.17, 15) is 0 Å². The van der Waals surface area contributed by atoms with Gasteiger partial charge in [-0.15, -0.1) is 0 Å². The highest BCUT2D eigenvalue weighted by molar-refractivity contribution is 5.44. The van der Waals surface area contributed by atoms with Gasteiger partial charge in [-0.05, 0) is 37.6 Å². The first-order valence-corrected chi connectivity index (χ1v) is 8.15. The third-order valence-electron chi connectivity index (χ3n) is 4.49. The average molecular weight is 289 g/mol. The van der Waals surface area contributed by atoms with Gasteiger partial charge >= 0.3 is 0 Å². The fourth-order valence-corrected chi connectivity index (χ4v) is 3.30. The Morgan fingerprint density at radius 3 is 2.71 bits per heavy atom. The lowest BCUT2D eigenvalue weighted by Crippen LogP contribution is -2.43. The van der Waals surface area contributed by atoms with Gasteiger partial charge < -0.3 is 15.0 Å². The monoisotopic (exact) mass is 289 g/mol. The second-order valence-electron chi connectivity index (χ2n) is 6.18. The van der Waals surface area contributed by atoms with Crippen molar-refractivity contribution in [1.29, 1.82) is 0 Å². The minimum absolute atomic E-state index is 0.739. The van der Waals surface area contributed by atoms with Crippen molar-refractivity contribution in [2.24, 2.45) is 0 Å². The molecule has 0 bridgehead atoms. The number of benzene rings is 1. The van der Waals surface area contributed by atoms with Crippen LogP contribution in [-0.2, 0) is 19.5 Å². The van der Waals surface area contributed by atoms with E-state index in [0.29, 0.717) is 0 Å². The maximum absolute atomic E-state index is 5.92. The number of likely N-dealkylation sites (N-methyl/N-ethyl adjacent to an activating group) is 1. The van der Waals surface area contributed by atoms with Crippen molar-refractivity contribution in [2.75, 3.05) is 46.4 Å². The van der Waals surface area contributed by atoms with E-state index < -0.39 is 0 Å². The highest BCUT2D eigenvalue weighted by Gasteiger charge is 2.19. The predicted molar refractivity (Wildman–Crippen MR) is 85.8 cm³/mol. The standard InChI is InChI=1S/C17H27N3O/c1-3-21-17-11-15-12-19(2)7-4-14(15)10-16(17)13-20-8-5-18-6-9-20/h10-11,18H,3-9,12-13H2,1-2H3. The van der Waals surface area contributed by atoms with Crippen LogP contribution >= 0.6 is 0 Å². The molecule has 1 aromatic rings. The summed E-state index contributed by atoms with van der Waals surface area (Å²) in [5.41, 5.74) is 4.32. The van der Waals surface area contributed by atoms with Crippen LogP contribution in [0, 0.1) is 0 Å². The molecule has 1 aromatic carbocycles. The van der Waals surface area contributed by atoms with Crippen molar-refractivity contribution in [3.63, 3.8) is 0 Å². The Hall–Kier alpha value is -1.10. The van der Waals surface area contributed by atoms with Gasteiger partial charge in [-0.2, -0.15) is 0 Å². The largest absolute Gasteiger partial charge is 0.494 e.